The van der Waals surface area contributed by atoms with Crippen LogP contribution in [0.4, 0.5) is 4.79 Å². The topological polar surface area (TPSA) is 80.9 Å². The molecule has 180 valence electrons. The van der Waals surface area contributed by atoms with Gasteiger partial charge < -0.3 is 18.8 Å². The van der Waals surface area contributed by atoms with Crippen LogP contribution in [-0.2, 0) is 22.4 Å². The van der Waals surface area contributed by atoms with Gasteiger partial charge >= 0.3 is 6.09 Å². The van der Waals surface area contributed by atoms with Crippen LogP contribution < -0.4 is 0 Å². The number of hydrogen-bond acceptors (Lipinski definition) is 7. The molecule has 2 aromatic rings. The summed E-state index contributed by atoms with van der Waals surface area (Å²) in [6.45, 7) is 14.8. The van der Waals surface area contributed by atoms with E-state index in [9.17, 15) is 4.79 Å². The molecule has 0 radical (unpaired) electrons. The van der Waals surface area contributed by atoms with Crippen LogP contribution >= 0.6 is 0 Å². The van der Waals surface area contributed by atoms with Gasteiger partial charge in [0.2, 0.25) is 11.8 Å². The van der Waals surface area contributed by atoms with Crippen molar-refractivity contribution in [2.45, 2.75) is 72.1 Å². The Hall–Kier alpha value is -2.45. The summed E-state index contributed by atoms with van der Waals surface area (Å²) < 4.78 is 16.8. The predicted molar refractivity (Wildman–Crippen MR) is 124 cm³/mol. The van der Waals surface area contributed by atoms with Crippen LogP contribution in [0.15, 0.2) is 16.5 Å². The zero-order chi connectivity index (χ0) is 23.5. The molecule has 0 saturated carbocycles. The van der Waals surface area contributed by atoms with Gasteiger partial charge in [-0.3, -0.25) is 4.90 Å². The molecule has 0 spiro atoms. The first-order valence-electron chi connectivity index (χ1n) is 12.0. The average molecular weight is 457 g/mol. The monoisotopic (exact) mass is 456 g/mol. The van der Waals surface area contributed by atoms with Crippen LogP contribution in [0.1, 0.15) is 67.1 Å². The molecule has 3 heterocycles. The first kappa shape index (κ1) is 23.7. The van der Waals surface area contributed by atoms with Crippen molar-refractivity contribution in [3.63, 3.8) is 0 Å². The minimum absolute atomic E-state index is 0.0995. The lowest BCUT2D eigenvalue weighted by atomic mass is 9.96. The Balaban J connectivity index is 1.41. The molecule has 2 fully saturated rings. The van der Waals surface area contributed by atoms with Crippen LogP contribution in [-0.4, -0.2) is 71.1 Å². The van der Waals surface area contributed by atoms with Crippen molar-refractivity contribution in [3.05, 3.63) is 46.2 Å². The van der Waals surface area contributed by atoms with E-state index in [1.165, 1.54) is 22.3 Å². The molecule has 4 rings (SSSR count). The number of aromatic nitrogens is 2. The first-order chi connectivity index (χ1) is 15.8. The Bertz CT molecular complexity index is 967. The van der Waals surface area contributed by atoms with Gasteiger partial charge in [0, 0.05) is 38.8 Å². The summed E-state index contributed by atoms with van der Waals surface area (Å²) in [7, 11) is 0. The fourth-order valence-corrected chi connectivity index (χ4v) is 4.72. The number of carbonyl (C=O) groups is 1. The van der Waals surface area contributed by atoms with Crippen molar-refractivity contribution in [2.75, 3.05) is 32.8 Å². The van der Waals surface area contributed by atoms with E-state index in [0.717, 1.165) is 32.7 Å². The van der Waals surface area contributed by atoms with E-state index in [1.807, 2.05) is 18.7 Å². The molecule has 1 aromatic carbocycles. The minimum atomic E-state index is -0.214. The highest BCUT2D eigenvalue weighted by Crippen LogP contribution is 2.26. The summed E-state index contributed by atoms with van der Waals surface area (Å²) in [5, 5.41) is 8.56. The van der Waals surface area contributed by atoms with Crippen molar-refractivity contribution in [2.24, 2.45) is 0 Å². The maximum Gasteiger partial charge on any atom is 0.410 e. The fourth-order valence-electron chi connectivity index (χ4n) is 4.72. The molecule has 2 aliphatic rings. The molecule has 1 aromatic heterocycles. The van der Waals surface area contributed by atoms with Crippen LogP contribution in [0.2, 0.25) is 0 Å². The largest absolute Gasteiger partial charge is 0.447 e. The third-order valence-corrected chi connectivity index (χ3v) is 6.55. The van der Waals surface area contributed by atoms with Crippen molar-refractivity contribution in [1.82, 2.24) is 20.0 Å². The van der Waals surface area contributed by atoms with Crippen molar-refractivity contribution < 1.29 is 18.7 Å². The van der Waals surface area contributed by atoms with Crippen LogP contribution in [0, 0.1) is 13.8 Å². The van der Waals surface area contributed by atoms with Crippen LogP contribution in [0.5, 0.6) is 0 Å². The Labute approximate surface area is 196 Å². The molecule has 0 aliphatic carbocycles. The van der Waals surface area contributed by atoms with Crippen molar-refractivity contribution >= 4 is 6.09 Å². The molecular formula is C25H36N4O4. The number of rotatable bonds is 6. The van der Waals surface area contributed by atoms with Gasteiger partial charge in [0.05, 0.1) is 25.0 Å². The van der Waals surface area contributed by atoms with Crippen molar-refractivity contribution in [3.8, 4) is 0 Å². The number of nitrogens with zero attached hydrogens (tertiary/aromatic N) is 4. The Kier molecular flexibility index (Phi) is 7.34. The molecule has 0 N–H and O–H groups in total. The van der Waals surface area contributed by atoms with Crippen LogP contribution in [0.25, 0.3) is 0 Å². The highest BCUT2D eigenvalue weighted by Gasteiger charge is 2.29. The lowest BCUT2D eigenvalue weighted by Gasteiger charge is -2.39. The highest BCUT2D eigenvalue weighted by molar-refractivity contribution is 5.68. The number of carbonyl (C=O) groups excluding carboxylic acids is 1. The second-order valence-corrected chi connectivity index (χ2v) is 9.69. The predicted octanol–water partition coefficient (Wildman–Crippen LogP) is 3.83. The molecule has 8 heteroatoms. The number of piperazine rings is 1. The van der Waals surface area contributed by atoms with E-state index in [2.05, 4.69) is 48.0 Å². The summed E-state index contributed by atoms with van der Waals surface area (Å²) in [4.78, 5) is 16.6. The number of amides is 1. The zero-order valence-electron chi connectivity index (χ0n) is 20.5. The van der Waals surface area contributed by atoms with Gasteiger partial charge in [0.15, 0.2) is 0 Å². The Morgan fingerprint density at radius 2 is 2.00 bits per heavy atom. The third-order valence-electron chi connectivity index (χ3n) is 6.55. The molecule has 0 unspecified atom stereocenters. The number of benzene rings is 1. The maximum absolute atomic E-state index is 12.3. The van der Waals surface area contributed by atoms with E-state index < -0.39 is 0 Å². The molecule has 33 heavy (non-hydrogen) atoms. The van der Waals surface area contributed by atoms with E-state index in [0.29, 0.717) is 31.4 Å². The summed E-state index contributed by atoms with van der Waals surface area (Å²) in [6, 6.07) is 4.59. The van der Waals surface area contributed by atoms with Gasteiger partial charge in [0.1, 0.15) is 0 Å². The zero-order valence-corrected chi connectivity index (χ0v) is 20.5. The number of hydrogen-bond donors (Lipinski definition) is 0. The van der Waals surface area contributed by atoms with E-state index >= 15 is 0 Å². The van der Waals surface area contributed by atoms with Gasteiger partial charge in [-0.25, -0.2) is 4.79 Å². The normalized spacial score (nSPS) is 21.7. The Morgan fingerprint density at radius 1 is 1.21 bits per heavy atom. The average Bonchev–Trinajstić information content (AvgIpc) is 3.43. The number of aryl methyl sites for hydroxylation is 1. The molecule has 8 nitrogen and oxygen atoms in total. The standard InChI is InChI=1S/C25H36N4O4/c1-16(2)32-25(30)29-8-7-28(13-18(29)4)14-22-11-17(3)10-21(19(22)5)12-23-26-27-24(33-23)20-6-9-31-15-20/h10-11,16,18,20H,6-9,12-15H2,1-5H3/t18-,20+/m0/s1. The molecule has 2 aliphatic heterocycles. The summed E-state index contributed by atoms with van der Waals surface area (Å²) in [6.07, 6.45) is 1.26. The number of ether oxygens (including phenoxy) is 2. The molecular weight excluding hydrogens is 420 g/mol. The van der Waals surface area contributed by atoms with E-state index in [4.69, 9.17) is 13.9 Å². The first-order valence-corrected chi connectivity index (χ1v) is 12.0. The SMILES string of the molecule is Cc1cc(Cc2nnc([C@@H]3CCOC3)o2)c(C)c(CN2CCN(C(=O)OC(C)C)[C@@H](C)C2)c1. The lowest BCUT2D eigenvalue weighted by Crippen LogP contribution is -2.54. The molecule has 2 atom stereocenters. The third kappa shape index (κ3) is 5.73. The van der Waals surface area contributed by atoms with E-state index in [1.54, 1.807) is 0 Å². The smallest absolute Gasteiger partial charge is 0.410 e. The van der Waals surface area contributed by atoms with Gasteiger partial charge in [-0.05, 0) is 57.7 Å². The second kappa shape index (κ2) is 10.2. The van der Waals surface area contributed by atoms with Gasteiger partial charge in [-0.15, -0.1) is 10.2 Å². The fraction of sp³-hybridized carbons (Fsp3) is 0.640. The highest BCUT2D eigenvalue weighted by atomic mass is 16.6. The molecule has 1 amide bonds. The van der Waals surface area contributed by atoms with Crippen molar-refractivity contribution in [1.29, 1.82) is 0 Å². The Morgan fingerprint density at radius 3 is 2.70 bits per heavy atom. The lowest BCUT2D eigenvalue weighted by molar-refractivity contribution is 0.0349. The molecule has 2 saturated heterocycles. The summed E-state index contributed by atoms with van der Waals surface area (Å²) in [5.41, 5.74) is 5.01. The van der Waals surface area contributed by atoms with E-state index in [-0.39, 0.29) is 24.2 Å². The summed E-state index contributed by atoms with van der Waals surface area (Å²) >= 11 is 0. The molecule has 0 bridgehead atoms. The van der Waals surface area contributed by atoms with Crippen LogP contribution in [0.3, 0.4) is 0 Å². The second-order valence-electron chi connectivity index (χ2n) is 9.69. The van der Waals surface area contributed by atoms with Gasteiger partial charge in [0.25, 0.3) is 0 Å². The maximum atomic E-state index is 12.3. The quantitative estimate of drug-likeness (QED) is 0.653. The van der Waals surface area contributed by atoms with Gasteiger partial charge in [-0.1, -0.05) is 17.7 Å². The van der Waals surface area contributed by atoms with Gasteiger partial charge in [-0.2, -0.15) is 0 Å². The summed E-state index contributed by atoms with van der Waals surface area (Å²) in [5.74, 6) is 1.57. The minimum Gasteiger partial charge on any atom is -0.447 e.